The van der Waals surface area contributed by atoms with Gasteiger partial charge in [-0.15, -0.1) is 0 Å². The van der Waals surface area contributed by atoms with Gasteiger partial charge in [0.15, 0.2) is 0 Å². The molecule has 30 heavy (non-hydrogen) atoms. The lowest BCUT2D eigenvalue weighted by Crippen LogP contribution is -2.34. The Balaban J connectivity index is 2.47. The number of carbonyl (C=O) groups excluding carboxylic acids is 2. The third-order valence-electron chi connectivity index (χ3n) is 4.61. The van der Waals surface area contributed by atoms with Gasteiger partial charge in [-0.05, 0) is 30.2 Å². The molecule has 1 aromatic rings. The van der Waals surface area contributed by atoms with Gasteiger partial charge in [0.1, 0.15) is 0 Å². The first-order valence-corrected chi connectivity index (χ1v) is 10.4. The lowest BCUT2D eigenvalue weighted by atomic mass is 9.80. The Morgan fingerprint density at radius 2 is 1.20 bits per heavy atom. The lowest BCUT2D eigenvalue weighted by Gasteiger charge is -2.31. The number of hydrogen-bond acceptors (Lipinski definition) is 5. The molecular formula is C25H35NO4. The molecule has 0 unspecified atom stereocenters. The van der Waals surface area contributed by atoms with Crippen LogP contribution in [0, 0.1) is 10.8 Å². The van der Waals surface area contributed by atoms with Gasteiger partial charge in [0.2, 0.25) is 0 Å². The van der Waals surface area contributed by atoms with E-state index >= 15 is 0 Å². The molecule has 1 aliphatic rings. The number of rotatable bonds is 5. The van der Waals surface area contributed by atoms with Crippen molar-refractivity contribution >= 4 is 11.9 Å². The van der Waals surface area contributed by atoms with Gasteiger partial charge < -0.3 is 14.8 Å². The van der Waals surface area contributed by atoms with Crippen LogP contribution in [0.1, 0.15) is 66.9 Å². The smallest absolute Gasteiger partial charge is 0.336 e. The highest BCUT2D eigenvalue weighted by Crippen LogP contribution is 2.39. The van der Waals surface area contributed by atoms with Crippen LogP contribution < -0.4 is 5.32 Å². The number of allylic oxidation sites excluding steroid dienone is 2. The summed E-state index contributed by atoms with van der Waals surface area (Å²) in [5.41, 5.74) is 2.80. The molecule has 0 atom stereocenters. The first kappa shape index (κ1) is 23.7. The van der Waals surface area contributed by atoms with E-state index in [4.69, 9.17) is 9.47 Å². The van der Waals surface area contributed by atoms with Crippen molar-refractivity contribution < 1.29 is 19.1 Å². The minimum atomic E-state index is -0.549. The SMILES string of the molecule is CC1=C(C(=O)OCC(C)(C)C)C(c2ccccc2)C(C(=O)OCC(C)(C)C)=C(C)N1. The maximum Gasteiger partial charge on any atom is 0.336 e. The Kier molecular flexibility index (Phi) is 7.17. The summed E-state index contributed by atoms with van der Waals surface area (Å²) in [6.45, 7) is 16.3. The summed E-state index contributed by atoms with van der Waals surface area (Å²) in [6.07, 6.45) is 0. The van der Waals surface area contributed by atoms with E-state index in [-0.39, 0.29) is 24.0 Å². The second-order valence-corrected chi connectivity index (χ2v) is 10.3. The molecule has 1 N–H and O–H groups in total. The van der Waals surface area contributed by atoms with Gasteiger partial charge >= 0.3 is 11.9 Å². The van der Waals surface area contributed by atoms with E-state index in [2.05, 4.69) is 5.32 Å². The average Bonchev–Trinajstić information content (AvgIpc) is 2.63. The standard InChI is InChI=1S/C25H35NO4/c1-16-19(22(27)29-14-24(3,4)5)21(18-12-10-9-11-13-18)20(17(2)26-16)23(28)30-15-25(6,7)8/h9-13,21,26H,14-15H2,1-8H3. The van der Waals surface area contributed by atoms with Gasteiger partial charge in [0.25, 0.3) is 0 Å². The van der Waals surface area contributed by atoms with Crippen molar-refractivity contribution in [2.75, 3.05) is 13.2 Å². The number of carbonyl (C=O) groups is 2. The molecule has 1 aliphatic heterocycles. The van der Waals surface area contributed by atoms with E-state index in [0.717, 1.165) is 5.56 Å². The Labute approximate surface area is 180 Å². The molecular weight excluding hydrogens is 378 g/mol. The number of benzene rings is 1. The van der Waals surface area contributed by atoms with Gasteiger partial charge in [-0.3, -0.25) is 0 Å². The van der Waals surface area contributed by atoms with Crippen molar-refractivity contribution in [3.63, 3.8) is 0 Å². The van der Waals surface area contributed by atoms with E-state index in [1.807, 2.05) is 85.7 Å². The Morgan fingerprint density at radius 3 is 1.57 bits per heavy atom. The molecule has 0 bridgehead atoms. The summed E-state index contributed by atoms with van der Waals surface area (Å²) in [4.78, 5) is 26.3. The van der Waals surface area contributed by atoms with Crippen molar-refractivity contribution in [1.82, 2.24) is 5.32 Å². The maximum absolute atomic E-state index is 13.1. The minimum absolute atomic E-state index is 0.158. The zero-order valence-electron chi connectivity index (χ0n) is 19.5. The molecule has 0 aromatic heterocycles. The Bertz CT molecular complexity index is 799. The summed E-state index contributed by atoms with van der Waals surface area (Å²) in [5.74, 6) is -1.39. The largest absolute Gasteiger partial charge is 0.462 e. The fourth-order valence-corrected chi connectivity index (χ4v) is 3.23. The number of ether oxygens (including phenoxy) is 2. The van der Waals surface area contributed by atoms with E-state index in [9.17, 15) is 9.59 Å². The van der Waals surface area contributed by atoms with E-state index in [0.29, 0.717) is 22.5 Å². The van der Waals surface area contributed by atoms with Gasteiger partial charge in [0.05, 0.1) is 30.3 Å². The predicted octanol–water partition coefficient (Wildman–Crippen LogP) is 5.10. The lowest BCUT2D eigenvalue weighted by molar-refractivity contribution is -0.142. The Hall–Kier alpha value is -2.56. The zero-order chi connectivity index (χ0) is 22.7. The molecule has 2 rings (SSSR count). The fraction of sp³-hybridized carbons (Fsp3) is 0.520. The van der Waals surface area contributed by atoms with Crippen LogP contribution >= 0.6 is 0 Å². The van der Waals surface area contributed by atoms with Crippen LogP contribution in [0.3, 0.4) is 0 Å². The molecule has 0 saturated heterocycles. The van der Waals surface area contributed by atoms with Crippen molar-refractivity contribution in [3.8, 4) is 0 Å². The molecule has 0 radical (unpaired) electrons. The molecule has 0 saturated carbocycles. The van der Waals surface area contributed by atoms with Gasteiger partial charge in [-0.25, -0.2) is 9.59 Å². The molecule has 5 heteroatoms. The first-order chi connectivity index (χ1) is 13.8. The summed E-state index contributed by atoms with van der Waals surface area (Å²) >= 11 is 0. The quantitative estimate of drug-likeness (QED) is 0.681. The monoisotopic (exact) mass is 413 g/mol. The van der Waals surface area contributed by atoms with Crippen molar-refractivity contribution in [1.29, 1.82) is 0 Å². The van der Waals surface area contributed by atoms with Crippen LogP contribution in [-0.2, 0) is 19.1 Å². The number of esters is 2. The van der Waals surface area contributed by atoms with E-state index < -0.39 is 17.9 Å². The molecule has 0 aliphatic carbocycles. The summed E-state index contributed by atoms with van der Waals surface area (Å²) in [5, 5.41) is 3.19. The third kappa shape index (κ3) is 6.22. The average molecular weight is 414 g/mol. The summed E-state index contributed by atoms with van der Waals surface area (Å²) < 4.78 is 11.3. The third-order valence-corrected chi connectivity index (χ3v) is 4.61. The Morgan fingerprint density at radius 1 is 0.800 bits per heavy atom. The number of nitrogens with one attached hydrogen (secondary N) is 1. The molecule has 0 fully saturated rings. The number of hydrogen-bond donors (Lipinski definition) is 1. The minimum Gasteiger partial charge on any atom is -0.462 e. The van der Waals surface area contributed by atoms with Gasteiger partial charge in [-0.1, -0.05) is 71.9 Å². The molecule has 1 aromatic carbocycles. The van der Waals surface area contributed by atoms with Crippen molar-refractivity contribution in [2.45, 2.75) is 61.3 Å². The predicted molar refractivity (Wildman–Crippen MR) is 119 cm³/mol. The van der Waals surface area contributed by atoms with Crippen LogP contribution in [0.2, 0.25) is 0 Å². The van der Waals surface area contributed by atoms with E-state index in [1.54, 1.807) is 0 Å². The molecule has 164 valence electrons. The highest BCUT2D eigenvalue weighted by Gasteiger charge is 2.38. The van der Waals surface area contributed by atoms with Crippen LogP contribution in [0.5, 0.6) is 0 Å². The van der Waals surface area contributed by atoms with Gasteiger partial charge in [-0.2, -0.15) is 0 Å². The van der Waals surface area contributed by atoms with Crippen LogP contribution in [0.4, 0.5) is 0 Å². The second kappa shape index (κ2) is 9.07. The number of dihydropyridines is 1. The summed E-state index contributed by atoms with van der Waals surface area (Å²) in [7, 11) is 0. The van der Waals surface area contributed by atoms with Crippen LogP contribution in [-0.4, -0.2) is 25.2 Å². The fourth-order valence-electron chi connectivity index (χ4n) is 3.23. The van der Waals surface area contributed by atoms with Crippen LogP contribution in [0.15, 0.2) is 52.9 Å². The molecule has 1 heterocycles. The first-order valence-electron chi connectivity index (χ1n) is 10.4. The van der Waals surface area contributed by atoms with Crippen LogP contribution in [0.25, 0.3) is 0 Å². The maximum atomic E-state index is 13.1. The topological polar surface area (TPSA) is 64.6 Å². The van der Waals surface area contributed by atoms with Gasteiger partial charge in [0, 0.05) is 11.4 Å². The molecule has 0 amide bonds. The highest BCUT2D eigenvalue weighted by molar-refractivity contribution is 5.99. The molecule has 0 spiro atoms. The normalized spacial score (nSPS) is 15.7. The molecule has 5 nitrogen and oxygen atoms in total. The van der Waals surface area contributed by atoms with Crippen molar-refractivity contribution in [2.24, 2.45) is 10.8 Å². The van der Waals surface area contributed by atoms with E-state index in [1.165, 1.54) is 0 Å². The summed E-state index contributed by atoms with van der Waals surface area (Å²) in [6, 6.07) is 9.55. The highest BCUT2D eigenvalue weighted by atomic mass is 16.5. The van der Waals surface area contributed by atoms with Crippen molar-refractivity contribution in [3.05, 3.63) is 58.4 Å². The second-order valence-electron chi connectivity index (χ2n) is 10.3. The zero-order valence-corrected chi connectivity index (χ0v) is 19.5.